The van der Waals surface area contributed by atoms with Crippen LogP contribution in [0.25, 0.3) is 0 Å². The van der Waals surface area contributed by atoms with Crippen molar-refractivity contribution in [2.45, 2.75) is 45.9 Å². The van der Waals surface area contributed by atoms with Gasteiger partial charge in [0.05, 0.1) is 18.2 Å². The molecule has 0 aliphatic rings. The molecule has 3 nitrogen and oxygen atoms in total. The molecule has 0 aliphatic heterocycles. The van der Waals surface area contributed by atoms with Crippen LogP contribution in [0.1, 0.15) is 39.3 Å². The van der Waals surface area contributed by atoms with E-state index in [4.69, 9.17) is 10.5 Å². The van der Waals surface area contributed by atoms with Crippen LogP contribution in [0.4, 0.5) is 0 Å². The van der Waals surface area contributed by atoms with Crippen LogP contribution in [-0.2, 0) is 0 Å². The van der Waals surface area contributed by atoms with E-state index in [1.54, 1.807) is 0 Å². The molecule has 0 fully saturated rings. The molecule has 0 radical (unpaired) electrons. The molecule has 1 aromatic rings. The molecular weight excluding hydrogens is 214 g/mol. The van der Waals surface area contributed by atoms with Crippen molar-refractivity contribution in [3.8, 4) is 5.75 Å². The van der Waals surface area contributed by atoms with Gasteiger partial charge in [-0.05, 0) is 37.5 Å². The number of hydrogen-bond acceptors (Lipinski definition) is 3. The van der Waals surface area contributed by atoms with Gasteiger partial charge in [-0.25, -0.2) is 0 Å². The molecule has 1 aromatic carbocycles. The summed E-state index contributed by atoms with van der Waals surface area (Å²) in [5.41, 5.74) is 6.93. The van der Waals surface area contributed by atoms with Gasteiger partial charge in [-0.1, -0.05) is 26.0 Å². The Bertz CT molecular complexity index is 333. The van der Waals surface area contributed by atoms with E-state index in [0.717, 1.165) is 11.3 Å². The monoisotopic (exact) mass is 237 g/mol. The highest BCUT2D eigenvalue weighted by Gasteiger charge is 2.19. The summed E-state index contributed by atoms with van der Waals surface area (Å²) >= 11 is 0. The normalized spacial score (nSPS) is 15.1. The van der Waals surface area contributed by atoms with Crippen molar-refractivity contribution in [1.82, 2.24) is 0 Å². The van der Waals surface area contributed by atoms with Crippen LogP contribution in [0, 0.1) is 5.92 Å². The van der Waals surface area contributed by atoms with Crippen molar-refractivity contribution in [2.24, 2.45) is 11.7 Å². The Morgan fingerprint density at radius 3 is 2.00 bits per heavy atom. The first-order valence-corrected chi connectivity index (χ1v) is 6.12. The number of aliphatic hydroxyl groups excluding tert-OH is 1. The second kappa shape index (κ2) is 6.03. The third-order valence-electron chi connectivity index (χ3n) is 2.69. The van der Waals surface area contributed by atoms with Crippen molar-refractivity contribution in [3.63, 3.8) is 0 Å². The van der Waals surface area contributed by atoms with Crippen LogP contribution in [-0.4, -0.2) is 17.3 Å². The Balaban J connectivity index is 2.73. The Morgan fingerprint density at radius 1 is 1.06 bits per heavy atom. The maximum Gasteiger partial charge on any atom is 0.119 e. The quantitative estimate of drug-likeness (QED) is 0.827. The fourth-order valence-corrected chi connectivity index (χ4v) is 1.65. The maximum absolute atomic E-state index is 9.91. The minimum Gasteiger partial charge on any atom is -0.491 e. The van der Waals surface area contributed by atoms with E-state index in [1.807, 2.05) is 52.0 Å². The third-order valence-corrected chi connectivity index (χ3v) is 2.69. The van der Waals surface area contributed by atoms with Gasteiger partial charge < -0.3 is 15.6 Å². The predicted octanol–water partition coefficient (Wildman–Crippen LogP) is 2.49. The molecule has 0 heterocycles. The third kappa shape index (κ3) is 4.02. The summed E-state index contributed by atoms with van der Waals surface area (Å²) in [4.78, 5) is 0. The van der Waals surface area contributed by atoms with Crippen molar-refractivity contribution in [2.75, 3.05) is 0 Å². The van der Waals surface area contributed by atoms with Crippen LogP contribution in [0.15, 0.2) is 24.3 Å². The van der Waals surface area contributed by atoms with E-state index in [-0.39, 0.29) is 18.1 Å². The van der Waals surface area contributed by atoms with Gasteiger partial charge in [-0.3, -0.25) is 0 Å². The van der Waals surface area contributed by atoms with E-state index >= 15 is 0 Å². The molecule has 2 atom stereocenters. The Labute approximate surface area is 104 Å². The largest absolute Gasteiger partial charge is 0.491 e. The molecule has 96 valence electrons. The fourth-order valence-electron chi connectivity index (χ4n) is 1.65. The van der Waals surface area contributed by atoms with Gasteiger partial charge in [0.15, 0.2) is 0 Å². The van der Waals surface area contributed by atoms with Gasteiger partial charge in [0.25, 0.3) is 0 Å². The first kappa shape index (κ1) is 14.0. The highest BCUT2D eigenvalue weighted by atomic mass is 16.5. The van der Waals surface area contributed by atoms with Crippen molar-refractivity contribution in [1.29, 1.82) is 0 Å². The average Bonchev–Trinajstić information content (AvgIpc) is 2.27. The molecule has 17 heavy (non-hydrogen) atoms. The van der Waals surface area contributed by atoms with Gasteiger partial charge in [0.1, 0.15) is 5.75 Å². The first-order chi connectivity index (χ1) is 7.91. The topological polar surface area (TPSA) is 55.5 Å². The zero-order valence-corrected chi connectivity index (χ0v) is 11.1. The van der Waals surface area contributed by atoms with Gasteiger partial charge in [-0.15, -0.1) is 0 Å². The molecule has 0 aliphatic carbocycles. The van der Waals surface area contributed by atoms with Gasteiger partial charge in [-0.2, -0.15) is 0 Å². The Hall–Kier alpha value is -1.06. The highest BCUT2D eigenvalue weighted by Crippen LogP contribution is 2.22. The molecule has 0 saturated heterocycles. The summed E-state index contributed by atoms with van der Waals surface area (Å²) in [7, 11) is 0. The smallest absolute Gasteiger partial charge is 0.119 e. The summed E-state index contributed by atoms with van der Waals surface area (Å²) in [5, 5.41) is 9.91. The van der Waals surface area contributed by atoms with Gasteiger partial charge in [0.2, 0.25) is 0 Å². The molecule has 0 bridgehead atoms. The molecule has 0 aromatic heterocycles. The number of nitrogens with two attached hydrogens (primary N) is 1. The first-order valence-electron chi connectivity index (χ1n) is 6.12. The lowest BCUT2D eigenvalue weighted by molar-refractivity contribution is 0.0979. The summed E-state index contributed by atoms with van der Waals surface area (Å²) in [5.74, 6) is 0.978. The molecule has 0 amide bonds. The maximum atomic E-state index is 9.91. The summed E-state index contributed by atoms with van der Waals surface area (Å²) in [6.45, 7) is 7.89. The van der Waals surface area contributed by atoms with E-state index in [1.165, 1.54) is 0 Å². The summed E-state index contributed by atoms with van der Waals surface area (Å²) < 4.78 is 5.55. The SMILES string of the molecule is CC(C)Oc1ccc([C@H](N)[C@H](O)C(C)C)cc1. The lowest BCUT2D eigenvalue weighted by Crippen LogP contribution is -2.30. The number of hydrogen-bond donors (Lipinski definition) is 2. The van der Waals surface area contributed by atoms with Crippen molar-refractivity contribution in [3.05, 3.63) is 29.8 Å². The second-order valence-corrected chi connectivity index (χ2v) is 5.00. The van der Waals surface area contributed by atoms with E-state index in [0.29, 0.717) is 0 Å². The number of rotatable bonds is 5. The molecular formula is C14H23NO2. The minimum absolute atomic E-state index is 0.150. The van der Waals surface area contributed by atoms with Gasteiger partial charge >= 0.3 is 0 Å². The van der Waals surface area contributed by atoms with Crippen LogP contribution in [0.2, 0.25) is 0 Å². The molecule has 1 rings (SSSR count). The minimum atomic E-state index is -0.521. The number of benzene rings is 1. The highest BCUT2D eigenvalue weighted by molar-refractivity contribution is 5.29. The molecule has 3 N–H and O–H groups in total. The second-order valence-electron chi connectivity index (χ2n) is 5.00. The summed E-state index contributed by atoms with van der Waals surface area (Å²) in [6, 6.07) is 7.26. The van der Waals surface area contributed by atoms with Crippen LogP contribution >= 0.6 is 0 Å². The van der Waals surface area contributed by atoms with Crippen molar-refractivity contribution >= 4 is 0 Å². The Kier molecular flexibility index (Phi) is 4.97. The van der Waals surface area contributed by atoms with Crippen LogP contribution in [0.5, 0.6) is 5.75 Å². The zero-order valence-electron chi connectivity index (χ0n) is 11.1. The van der Waals surface area contributed by atoms with Crippen LogP contribution in [0.3, 0.4) is 0 Å². The average molecular weight is 237 g/mol. The number of ether oxygens (including phenoxy) is 1. The number of aliphatic hydroxyl groups is 1. The zero-order chi connectivity index (χ0) is 13.0. The van der Waals surface area contributed by atoms with Gasteiger partial charge in [0, 0.05) is 0 Å². The molecule has 3 heteroatoms. The standard InChI is InChI=1S/C14H23NO2/c1-9(2)14(16)13(15)11-5-7-12(8-6-11)17-10(3)4/h5-10,13-14,16H,15H2,1-4H3/t13-,14+/m0/s1. The molecule has 0 spiro atoms. The molecule has 0 saturated carbocycles. The van der Waals surface area contributed by atoms with Crippen LogP contribution < -0.4 is 10.5 Å². The van der Waals surface area contributed by atoms with E-state index in [9.17, 15) is 5.11 Å². The van der Waals surface area contributed by atoms with E-state index in [2.05, 4.69) is 0 Å². The summed E-state index contributed by atoms with van der Waals surface area (Å²) in [6.07, 6.45) is -0.359. The Morgan fingerprint density at radius 2 is 1.59 bits per heavy atom. The lowest BCUT2D eigenvalue weighted by Gasteiger charge is -2.22. The fraction of sp³-hybridized carbons (Fsp3) is 0.571. The van der Waals surface area contributed by atoms with Crippen molar-refractivity contribution < 1.29 is 9.84 Å². The lowest BCUT2D eigenvalue weighted by atomic mass is 9.94. The predicted molar refractivity (Wildman–Crippen MR) is 70.0 cm³/mol. The van der Waals surface area contributed by atoms with E-state index < -0.39 is 6.10 Å². The molecule has 0 unspecified atom stereocenters.